The average molecular weight is 304 g/mol. The molecule has 2 aromatic carbocycles. The maximum absolute atomic E-state index is 9.52. The van der Waals surface area contributed by atoms with Gasteiger partial charge in [-0.1, -0.05) is 55.9 Å². The number of unbranched alkanes of at least 4 members (excludes halogenated alkanes) is 3. The van der Waals surface area contributed by atoms with Gasteiger partial charge in [-0.2, -0.15) is 0 Å². The number of rotatable bonds is 5. The molecule has 0 spiro atoms. The summed E-state index contributed by atoms with van der Waals surface area (Å²) in [6.45, 7) is 4.10. The zero-order valence-electron chi connectivity index (χ0n) is 14.0. The zero-order valence-corrected chi connectivity index (χ0v) is 14.0. The number of hydrogen-bond acceptors (Lipinski definition) is 1. The van der Waals surface area contributed by atoms with Gasteiger partial charge in [0.2, 0.25) is 0 Å². The van der Waals surface area contributed by atoms with Crippen LogP contribution in [0.2, 0.25) is 0 Å². The summed E-state index contributed by atoms with van der Waals surface area (Å²) in [6, 6.07) is 13.7. The number of hydrogen-bond donors (Lipinski definition) is 1. The van der Waals surface area contributed by atoms with Crippen LogP contribution >= 0.6 is 0 Å². The van der Waals surface area contributed by atoms with E-state index in [0.29, 0.717) is 5.75 Å². The van der Waals surface area contributed by atoms with Gasteiger partial charge in [-0.05, 0) is 61.2 Å². The normalized spacial score (nSPS) is 10.5. The molecule has 23 heavy (non-hydrogen) atoms. The van der Waals surface area contributed by atoms with E-state index in [0.717, 1.165) is 23.1 Å². The lowest BCUT2D eigenvalue weighted by atomic mass is 10.1. The molecule has 0 saturated carbocycles. The highest BCUT2D eigenvalue weighted by molar-refractivity contribution is 5.52. The number of phenolic OH excluding ortho intramolecular Hbond substituents is 1. The molecule has 2 aromatic rings. The largest absolute Gasteiger partial charge is 0.508 e. The molecule has 0 aliphatic carbocycles. The zero-order chi connectivity index (χ0) is 16.5. The average Bonchev–Trinajstić information content (AvgIpc) is 2.57. The van der Waals surface area contributed by atoms with Crippen molar-refractivity contribution < 1.29 is 5.11 Å². The van der Waals surface area contributed by atoms with Crippen molar-refractivity contribution in [3.05, 3.63) is 70.8 Å². The van der Waals surface area contributed by atoms with E-state index in [1.165, 1.54) is 24.8 Å². The number of phenols is 1. The summed E-state index contributed by atoms with van der Waals surface area (Å²) >= 11 is 0. The molecule has 0 atom stereocenters. The lowest BCUT2D eigenvalue weighted by Gasteiger charge is -1.98. The summed E-state index contributed by atoms with van der Waals surface area (Å²) in [5.41, 5.74) is 3.98. The van der Waals surface area contributed by atoms with Crippen LogP contribution in [0.15, 0.2) is 48.5 Å². The van der Waals surface area contributed by atoms with Gasteiger partial charge < -0.3 is 5.11 Å². The van der Waals surface area contributed by atoms with Crippen molar-refractivity contribution in [2.45, 2.75) is 39.5 Å². The highest BCUT2D eigenvalue weighted by Gasteiger charge is 1.95. The Balaban J connectivity index is 1.97. The Labute approximate surface area is 139 Å². The fourth-order valence-electron chi connectivity index (χ4n) is 2.29. The first-order chi connectivity index (χ1) is 11.2. The maximum atomic E-state index is 9.52. The third-order valence-corrected chi connectivity index (χ3v) is 3.74. The third-order valence-electron chi connectivity index (χ3n) is 3.74. The Morgan fingerprint density at radius 2 is 1.65 bits per heavy atom. The first-order valence-corrected chi connectivity index (χ1v) is 8.27. The molecule has 1 heteroatoms. The van der Waals surface area contributed by atoms with Crippen LogP contribution < -0.4 is 0 Å². The quantitative estimate of drug-likeness (QED) is 0.555. The van der Waals surface area contributed by atoms with E-state index in [-0.39, 0.29) is 0 Å². The van der Waals surface area contributed by atoms with E-state index in [2.05, 4.69) is 43.0 Å². The Morgan fingerprint density at radius 3 is 2.35 bits per heavy atom. The van der Waals surface area contributed by atoms with Crippen LogP contribution in [0.25, 0.3) is 6.08 Å². The van der Waals surface area contributed by atoms with Crippen molar-refractivity contribution in [1.82, 2.24) is 0 Å². The third kappa shape index (κ3) is 5.68. The molecule has 0 unspecified atom stereocenters. The van der Waals surface area contributed by atoms with Gasteiger partial charge in [0.25, 0.3) is 0 Å². The lowest BCUT2D eigenvalue weighted by Crippen LogP contribution is -1.80. The van der Waals surface area contributed by atoms with E-state index < -0.39 is 0 Å². The summed E-state index contributed by atoms with van der Waals surface area (Å²) < 4.78 is 0. The molecule has 0 aliphatic heterocycles. The van der Waals surface area contributed by atoms with Crippen LogP contribution in [0.3, 0.4) is 0 Å². The van der Waals surface area contributed by atoms with E-state index in [1.807, 2.05) is 31.2 Å². The Bertz CT molecular complexity index is 712. The molecule has 0 heterocycles. The van der Waals surface area contributed by atoms with Crippen LogP contribution in [0.1, 0.15) is 54.9 Å². The van der Waals surface area contributed by atoms with E-state index >= 15 is 0 Å². The fourth-order valence-corrected chi connectivity index (χ4v) is 2.29. The van der Waals surface area contributed by atoms with Crippen molar-refractivity contribution >= 4 is 6.08 Å². The molecule has 0 fully saturated rings. The molecule has 0 saturated heterocycles. The maximum Gasteiger partial charge on any atom is 0.118 e. The summed E-state index contributed by atoms with van der Waals surface area (Å²) in [5.74, 6) is 6.61. The number of allylic oxidation sites excluding steroid dienone is 1. The first kappa shape index (κ1) is 16.9. The van der Waals surface area contributed by atoms with Crippen LogP contribution in [0.4, 0.5) is 0 Å². The van der Waals surface area contributed by atoms with Gasteiger partial charge >= 0.3 is 0 Å². The predicted molar refractivity (Wildman–Crippen MR) is 98.4 cm³/mol. The second-order valence-electron chi connectivity index (χ2n) is 5.77. The minimum Gasteiger partial charge on any atom is -0.508 e. The molecule has 118 valence electrons. The molecular weight excluding hydrogens is 280 g/mol. The van der Waals surface area contributed by atoms with Crippen molar-refractivity contribution in [2.75, 3.05) is 0 Å². The SMILES string of the molecule is CCCCC/C=C/c1ccc(C#Cc2ccc(O)c(C)c2)cc1. The highest BCUT2D eigenvalue weighted by Crippen LogP contribution is 2.16. The van der Waals surface area contributed by atoms with Gasteiger partial charge in [0, 0.05) is 11.1 Å². The predicted octanol–water partition coefficient (Wildman–Crippen LogP) is 5.69. The van der Waals surface area contributed by atoms with Crippen molar-refractivity contribution in [1.29, 1.82) is 0 Å². The second-order valence-corrected chi connectivity index (χ2v) is 5.77. The minimum absolute atomic E-state index is 0.311. The van der Waals surface area contributed by atoms with Gasteiger partial charge in [0.15, 0.2) is 0 Å². The summed E-state index contributed by atoms with van der Waals surface area (Å²) in [7, 11) is 0. The molecular formula is C22H24O. The Morgan fingerprint density at radius 1 is 0.957 bits per heavy atom. The van der Waals surface area contributed by atoms with Crippen molar-refractivity contribution in [3.8, 4) is 17.6 Å². The molecule has 1 N–H and O–H groups in total. The molecule has 2 rings (SSSR count). The Hall–Kier alpha value is -2.46. The van der Waals surface area contributed by atoms with E-state index in [9.17, 15) is 5.11 Å². The highest BCUT2D eigenvalue weighted by atomic mass is 16.3. The van der Waals surface area contributed by atoms with Crippen molar-refractivity contribution in [2.24, 2.45) is 0 Å². The van der Waals surface area contributed by atoms with Crippen LogP contribution in [0, 0.1) is 18.8 Å². The summed E-state index contributed by atoms with van der Waals surface area (Å²) in [5, 5.41) is 9.52. The smallest absolute Gasteiger partial charge is 0.118 e. The second kappa shape index (κ2) is 8.86. The van der Waals surface area contributed by atoms with Crippen LogP contribution in [0.5, 0.6) is 5.75 Å². The summed E-state index contributed by atoms with van der Waals surface area (Å²) in [6.07, 6.45) is 9.40. The molecule has 0 bridgehead atoms. The first-order valence-electron chi connectivity index (χ1n) is 8.27. The van der Waals surface area contributed by atoms with Gasteiger partial charge in [-0.3, -0.25) is 0 Å². The number of aryl methyl sites for hydroxylation is 1. The molecule has 0 aromatic heterocycles. The topological polar surface area (TPSA) is 20.2 Å². The molecule has 1 nitrogen and oxygen atoms in total. The van der Waals surface area contributed by atoms with Gasteiger partial charge in [0.05, 0.1) is 0 Å². The van der Waals surface area contributed by atoms with Crippen LogP contribution in [-0.4, -0.2) is 5.11 Å². The number of benzene rings is 2. The standard InChI is InChI=1S/C22H24O/c1-3-4-5-6-7-8-19-9-11-20(12-10-19)13-14-21-15-16-22(23)18(2)17-21/h7-12,15-17,23H,3-6H2,1-2H3/b8-7+. The van der Waals surface area contributed by atoms with E-state index in [4.69, 9.17) is 0 Å². The van der Waals surface area contributed by atoms with E-state index in [1.54, 1.807) is 6.07 Å². The minimum atomic E-state index is 0.311. The monoisotopic (exact) mass is 304 g/mol. The fraction of sp³-hybridized carbons (Fsp3) is 0.273. The van der Waals surface area contributed by atoms with Crippen LogP contribution in [-0.2, 0) is 0 Å². The van der Waals surface area contributed by atoms with Gasteiger partial charge in [0.1, 0.15) is 5.75 Å². The summed E-state index contributed by atoms with van der Waals surface area (Å²) in [4.78, 5) is 0. The molecule has 0 radical (unpaired) electrons. The molecule has 0 aliphatic rings. The van der Waals surface area contributed by atoms with Gasteiger partial charge in [-0.25, -0.2) is 0 Å². The lowest BCUT2D eigenvalue weighted by molar-refractivity contribution is 0.471. The van der Waals surface area contributed by atoms with Crippen molar-refractivity contribution in [3.63, 3.8) is 0 Å². The Kier molecular flexibility index (Phi) is 6.51. The number of aromatic hydroxyl groups is 1. The van der Waals surface area contributed by atoms with Gasteiger partial charge in [-0.15, -0.1) is 0 Å². The molecule has 0 amide bonds.